The van der Waals surface area contributed by atoms with Crippen LogP contribution in [0.1, 0.15) is 32.7 Å². The number of carbonyl (C=O) groups excluding carboxylic acids is 3. The van der Waals surface area contributed by atoms with E-state index in [2.05, 4.69) is 15.8 Å². The Balaban J connectivity index is 1.53. The van der Waals surface area contributed by atoms with Crippen LogP contribution in [0.4, 0.5) is 0 Å². The molecule has 3 rings (SSSR count). The summed E-state index contributed by atoms with van der Waals surface area (Å²) in [5, 5.41) is 6.60. The SMILES string of the molecule is COc1ccc(C(=O)Oc2ccc(C=NNC(=O)CCNC(=O)c3ccccc3)cc2OC)cc1OC. The summed E-state index contributed by atoms with van der Waals surface area (Å²) < 4.78 is 21.2. The summed E-state index contributed by atoms with van der Waals surface area (Å²) in [6.07, 6.45) is 1.48. The molecule has 10 nitrogen and oxygen atoms in total. The maximum atomic E-state index is 12.6. The summed E-state index contributed by atoms with van der Waals surface area (Å²) in [7, 11) is 4.42. The molecule has 192 valence electrons. The first kappa shape index (κ1) is 26.7. The van der Waals surface area contributed by atoms with Crippen LogP contribution >= 0.6 is 0 Å². The Bertz CT molecular complexity index is 1280. The summed E-state index contributed by atoms with van der Waals surface area (Å²) in [5.74, 6) is 0.172. The fraction of sp³-hybridized carbons (Fsp3) is 0.185. The Kier molecular flexibility index (Phi) is 9.60. The molecule has 0 unspecified atom stereocenters. The minimum atomic E-state index is -0.604. The van der Waals surface area contributed by atoms with Crippen molar-refractivity contribution in [3.63, 3.8) is 0 Å². The molecule has 3 aromatic rings. The van der Waals surface area contributed by atoms with Gasteiger partial charge in [0.1, 0.15) is 0 Å². The highest BCUT2D eigenvalue weighted by Crippen LogP contribution is 2.31. The van der Waals surface area contributed by atoms with E-state index in [4.69, 9.17) is 18.9 Å². The molecule has 0 spiro atoms. The lowest BCUT2D eigenvalue weighted by Gasteiger charge is -2.11. The molecule has 2 N–H and O–H groups in total. The molecular weight excluding hydrogens is 478 g/mol. The summed E-state index contributed by atoms with van der Waals surface area (Å²) in [4.78, 5) is 36.6. The van der Waals surface area contributed by atoms with Gasteiger partial charge < -0.3 is 24.3 Å². The van der Waals surface area contributed by atoms with E-state index in [0.717, 1.165) is 0 Å². The zero-order valence-corrected chi connectivity index (χ0v) is 20.6. The van der Waals surface area contributed by atoms with Crippen molar-refractivity contribution >= 4 is 24.0 Å². The Morgan fingerprint density at radius 3 is 2.16 bits per heavy atom. The van der Waals surface area contributed by atoms with Gasteiger partial charge in [-0.15, -0.1) is 0 Å². The molecule has 0 radical (unpaired) electrons. The minimum absolute atomic E-state index is 0.0598. The second-order valence-electron chi connectivity index (χ2n) is 7.53. The van der Waals surface area contributed by atoms with Gasteiger partial charge in [-0.05, 0) is 54.1 Å². The molecular formula is C27H27N3O7. The third kappa shape index (κ3) is 7.56. The van der Waals surface area contributed by atoms with E-state index >= 15 is 0 Å². The second-order valence-corrected chi connectivity index (χ2v) is 7.53. The van der Waals surface area contributed by atoms with Crippen LogP contribution in [0.3, 0.4) is 0 Å². The van der Waals surface area contributed by atoms with Gasteiger partial charge >= 0.3 is 5.97 Å². The van der Waals surface area contributed by atoms with Crippen LogP contribution < -0.4 is 29.7 Å². The minimum Gasteiger partial charge on any atom is -0.493 e. The molecule has 0 aliphatic heterocycles. The fourth-order valence-electron chi connectivity index (χ4n) is 3.19. The molecule has 0 atom stereocenters. The van der Waals surface area contributed by atoms with E-state index in [1.807, 2.05) is 6.07 Å². The van der Waals surface area contributed by atoms with Gasteiger partial charge in [-0.3, -0.25) is 9.59 Å². The van der Waals surface area contributed by atoms with Crippen molar-refractivity contribution < 1.29 is 33.3 Å². The number of amides is 2. The van der Waals surface area contributed by atoms with Crippen molar-refractivity contribution in [1.82, 2.24) is 10.7 Å². The van der Waals surface area contributed by atoms with Gasteiger partial charge in [0.25, 0.3) is 5.91 Å². The highest BCUT2D eigenvalue weighted by atomic mass is 16.6. The predicted octanol–water partition coefficient (Wildman–Crippen LogP) is 3.20. The van der Waals surface area contributed by atoms with Crippen molar-refractivity contribution in [3.05, 3.63) is 83.4 Å². The number of hydrazone groups is 1. The molecule has 3 aromatic carbocycles. The van der Waals surface area contributed by atoms with Crippen LogP contribution in [0.5, 0.6) is 23.0 Å². The van der Waals surface area contributed by atoms with Gasteiger partial charge in [-0.25, -0.2) is 10.2 Å². The van der Waals surface area contributed by atoms with E-state index in [9.17, 15) is 14.4 Å². The topological polar surface area (TPSA) is 125 Å². The van der Waals surface area contributed by atoms with Crippen LogP contribution in [0, 0.1) is 0 Å². The molecule has 2 amide bonds. The second kappa shape index (κ2) is 13.3. The quantitative estimate of drug-likeness (QED) is 0.177. The number of rotatable bonds is 11. The number of carbonyl (C=O) groups is 3. The Hall–Kier alpha value is -4.86. The van der Waals surface area contributed by atoms with Gasteiger partial charge in [0.15, 0.2) is 23.0 Å². The first-order valence-corrected chi connectivity index (χ1v) is 11.2. The fourth-order valence-corrected chi connectivity index (χ4v) is 3.19. The number of ether oxygens (including phenoxy) is 4. The summed E-state index contributed by atoms with van der Waals surface area (Å²) >= 11 is 0. The van der Waals surface area contributed by atoms with E-state index in [-0.39, 0.29) is 36.1 Å². The maximum absolute atomic E-state index is 12.6. The number of benzene rings is 3. The van der Waals surface area contributed by atoms with E-state index in [1.54, 1.807) is 54.6 Å². The van der Waals surface area contributed by atoms with Crippen LogP contribution in [0.25, 0.3) is 0 Å². The first-order valence-electron chi connectivity index (χ1n) is 11.2. The van der Waals surface area contributed by atoms with Gasteiger partial charge in [-0.2, -0.15) is 5.10 Å². The lowest BCUT2D eigenvalue weighted by Crippen LogP contribution is -2.28. The lowest BCUT2D eigenvalue weighted by atomic mass is 10.2. The molecule has 0 aromatic heterocycles. The van der Waals surface area contributed by atoms with Crippen molar-refractivity contribution in [2.75, 3.05) is 27.9 Å². The largest absolute Gasteiger partial charge is 0.493 e. The molecule has 10 heteroatoms. The summed E-state index contributed by atoms with van der Waals surface area (Å²) in [5.41, 5.74) is 3.79. The first-order chi connectivity index (χ1) is 17.9. The third-order valence-corrected chi connectivity index (χ3v) is 5.09. The zero-order chi connectivity index (χ0) is 26.6. The average molecular weight is 506 g/mol. The van der Waals surface area contributed by atoms with Crippen molar-refractivity contribution in [2.45, 2.75) is 6.42 Å². The molecule has 0 saturated heterocycles. The Morgan fingerprint density at radius 1 is 0.784 bits per heavy atom. The Morgan fingerprint density at radius 2 is 1.46 bits per heavy atom. The van der Waals surface area contributed by atoms with Crippen LogP contribution in [0.2, 0.25) is 0 Å². The van der Waals surface area contributed by atoms with Gasteiger partial charge in [0.2, 0.25) is 5.91 Å². The van der Waals surface area contributed by atoms with Crippen molar-refractivity contribution in [3.8, 4) is 23.0 Å². The maximum Gasteiger partial charge on any atom is 0.343 e. The highest BCUT2D eigenvalue weighted by Gasteiger charge is 2.15. The Labute approximate surface area is 214 Å². The highest BCUT2D eigenvalue weighted by molar-refractivity contribution is 5.94. The number of nitrogens with one attached hydrogen (secondary N) is 2. The molecule has 0 aliphatic rings. The third-order valence-electron chi connectivity index (χ3n) is 5.09. The molecule has 0 heterocycles. The average Bonchev–Trinajstić information content (AvgIpc) is 2.93. The molecule has 37 heavy (non-hydrogen) atoms. The van der Waals surface area contributed by atoms with E-state index in [1.165, 1.54) is 33.6 Å². The smallest absolute Gasteiger partial charge is 0.343 e. The van der Waals surface area contributed by atoms with E-state index < -0.39 is 5.97 Å². The molecule has 0 saturated carbocycles. The summed E-state index contributed by atoms with van der Waals surface area (Å²) in [6.45, 7) is 0.170. The van der Waals surface area contributed by atoms with Gasteiger partial charge in [-0.1, -0.05) is 18.2 Å². The van der Waals surface area contributed by atoms with Gasteiger partial charge in [0, 0.05) is 18.5 Å². The number of esters is 1. The van der Waals surface area contributed by atoms with Crippen LogP contribution in [-0.2, 0) is 4.79 Å². The normalized spacial score (nSPS) is 10.5. The van der Waals surface area contributed by atoms with Crippen LogP contribution in [0.15, 0.2) is 71.8 Å². The zero-order valence-electron chi connectivity index (χ0n) is 20.6. The van der Waals surface area contributed by atoms with Crippen LogP contribution in [-0.4, -0.2) is 51.9 Å². The predicted molar refractivity (Wildman–Crippen MR) is 137 cm³/mol. The monoisotopic (exact) mass is 505 g/mol. The number of nitrogens with zero attached hydrogens (tertiary/aromatic N) is 1. The number of hydrogen-bond donors (Lipinski definition) is 2. The van der Waals surface area contributed by atoms with Gasteiger partial charge in [0.05, 0.1) is 33.1 Å². The lowest BCUT2D eigenvalue weighted by molar-refractivity contribution is -0.120. The summed E-state index contributed by atoms with van der Waals surface area (Å²) in [6, 6.07) is 18.2. The van der Waals surface area contributed by atoms with Crippen molar-refractivity contribution in [1.29, 1.82) is 0 Å². The number of methoxy groups -OCH3 is 3. The van der Waals surface area contributed by atoms with E-state index in [0.29, 0.717) is 28.4 Å². The number of hydrogen-bond acceptors (Lipinski definition) is 8. The molecule has 0 aliphatic carbocycles. The molecule has 0 bridgehead atoms. The van der Waals surface area contributed by atoms with Crippen molar-refractivity contribution in [2.24, 2.45) is 5.10 Å². The standard InChI is InChI=1S/C27H27N3O7/c1-34-21-12-10-20(16-24(21)36-3)27(33)37-22-11-9-18(15-23(22)35-2)17-29-30-25(31)13-14-28-26(32)19-7-5-4-6-8-19/h4-12,15-17H,13-14H2,1-3H3,(H,28,32)(H,30,31). The molecule has 0 fully saturated rings.